The van der Waals surface area contributed by atoms with Crippen LogP contribution in [0.5, 0.6) is 0 Å². The van der Waals surface area contributed by atoms with Gasteiger partial charge in [-0.15, -0.1) is 0 Å². The van der Waals surface area contributed by atoms with E-state index in [9.17, 15) is 18.0 Å². The number of rotatable bonds is 5. The molecule has 0 saturated carbocycles. The third kappa shape index (κ3) is 3.59. The molecule has 2 aromatic heterocycles. The molecule has 0 atom stereocenters. The number of fused-ring (bicyclic) bond motifs is 1. The van der Waals surface area contributed by atoms with E-state index in [0.29, 0.717) is 5.56 Å². The van der Waals surface area contributed by atoms with Gasteiger partial charge in [0.1, 0.15) is 11.5 Å². The average molecular weight is 408 g/mol. The number of imide groups is 1. The molecule has 0 radical (unpaired) electrons. The van der Waals surface area contributed by atoms with Gasteiger partial charge in [0.05, 0.1) is 17.0 Å². The SMILES string of the molecule is Cc1ccnc(NS(=O)(=O)c2ccc(CN3C(=O)c4cccnc4C3=O)cc2)c1. The normalized spacial score (nSPS) is 13.5. The molecule has 2 amide bonds. The molecule has 1 N–H and O–H groups in total. The van der Waals surface area contributed by atoms with E-state index in [1.807, 2.05) is 6.92 Å². The molecule has 29 heavy (non-hydrogen) atoms. The molecule has 8 nitrogen and oxygen atoms in total. The second-order valence-corrected chi connectivity index (χ2v) is 8.25. The Labute approximate surface area is 167 Å². The molecule has 0 spiro atoms. The van der Waals surface area contributed by atoms with Gasteiger partial charge in [-0.1, -0.05) is 12.1 Å². The molecule has 3 aromatic rings. The number of anilines is 1. The van der Waals surface area contributed by atoms with E-state index in [2.05, 4.69) is 14.7 Å². The lowest BCUT2D eigenvalue weighted by Crippen LogP contribution is -2.29. The summed E-state index contributed by atoms with van der Waals surface area (Å²) in [7, 11) is -3.81. The van der Waals surface area contributed by atoms with Crippen LogP contribution in [-0.4, -0.2) is 35.1 Å². The maximum Gasteiger partial charge on any atom is 0.280 e. The zero-order chi connectivity index (χ0) is 20.6. The second-order valence-electron chi connectivity index (χ2n) is 6.56. The van der Waals surface area contributed by atoms with Crippen LogP contribution in [0.2, 0.25) is 0 Å². The summed E-state index contributed by atoms with van der Waals surface area (Å²) in [6.07, 6.45) is 2.98. The number of aryl methyl sites for hydroxylation is 1. The highest BCUT2D eigenvalue weighted by atomic mass is 32.2. The first kappa shape index (κ1) is 18.8. The van der Waals surface area contributed by atoms with E-state index in [0.717, 1.165) is 10.5 Å². The minimum Gasteiger partial charge on any atom is -0.268 e. The van der Waals surface area contributed by atoms with Crippen molar-refractivity contribution in [2.75, 3.05) is 4.72 Å². The quantitative estimate of drug-likeness (QED) is 0.649. The number of amides is 2. The number of nitrogens with zero attached hydrogens (tertiary/aromatic N) is 3. The fraction of sp³-hybridized carbons (Fsp3) is 0.100. The Balaban J connectivity index is 1.51. The van der Waals surface area contributed by atoms with Gasteiger partial charge in [-0.25, -0.2) is 13.4 Å². The maximum atomic E-state index is 12.5. The fourth-order valence-corrected chi connectivity index (χ4v) is 4.00. The van der Waals surface area contributed by atoms with Crippen LogP contribution < -0.4 is 4.72 Å². The van der Waals surface area contributed by atoms with E-state index >= 15 is 0 Å². The zero-order valence-electron chi connectivity index (χ0n) is 15.4. The Morgan fingerprint density at radius 3 is 2.41 bits per heavy atom. The van der Waals surface area contributed by atoms with Crippen molar-refractivity contribution in [3.05, 3.63) is 83.3 Å². The Morgan fingerprint density at radius 2 is 1.72 bits per heavy atom. The Hall–Kier alpha value is -3.59. The van der Waals surface area contributed by atoms with Gasteiger partial charge >= 0.3 is 0 Å². The Bertz CT molecular complexity index is 1190. The lowest BCUT2D eigenvalue weighted by molar-refractivity contribution is 0.0640. The molecule has 1 aliphatic heterocycles. The molecular formula is C20H16N4O4S. The molecule has 3 heterocycles. The molecule has 0 bridgehead atoms. The molecule has 146 valence electrons. The van der Waals surface area contributed by atoms with Crippen molar-refractivity contribution in [2.45, 2.75) is 18.4 Å². The largest absolute Gasteiger partial charge is 0.280 e. The average Bonchev–Trinajstić information content (AvgIpc) is 2.93. The number of carbonyl (C=O) groups is 2. The summed E-state index contributed by atoms with van der Waals surface area (Å²) >= 11 is 0. The number of nitrogens with one attached hydrogen (secondary N) is 1. The van der Waals surface area contributed by atoms with Crippen molar-refractivity contribution in [1.29, 1.82) is 0 Å². The van der Waals surface area contributed by atoms with Gasteiger partial charge in [-0.05, 0) is 54.4 Å². The summed E-state index contributed by atoms with van der Waals surface area (Å²) in [5, 5.41) is 0. The highest BCUT2D eigenvalue weighted by Gasteiger charge is 2.36. The molecule has 0 fully saturated rings. The number of hydrogen-bond donors (Lipinski definition) is 1. The van der Waals surface area contributed by atoms with Crippen LogP contribution in [0.15, 0.2) is 65.8 Å². The second kappa shape index (κ2) is 7.10. The predicted octanol–water partition coefficient (Wildman–Crippen LogP) is 2.38. The topological polar surface area (TPSA) is 109 Å². The first-order chi connectivity index (χ1) is 13.8. The van der Waals surface area contributed by atoms with Gasteiger partial charge in [0.2, 0.25) is 0 Å². The van der Waals surface area contributed by atoms with E-state index in [-0.39, 0.29) is 28.5 Å². The van der Waals surface area contributed by atoms with Crippen LogP contribution in [0.3, 0.4) is 0 Å². The number of aromatic nitrogens is 2. The smallest absolute Gasteiger partial charge is 0.268 e. The number of benzene rings is 1. The number of carbonyl (C=O) groups excluding carboxylic acids is 2. The Morgan fingerprint density at radius 1 is 0.966 bits per heavy atom. The molecule has 0 aliphatic carbocycles. The van der Waals surface area contributed by atoms with Crippen molar-refractivity contribution in [3.8, 4) is 0 Å². The Kier molecular flexibility index (Phi) is 4.59. The minimum atomic E-state index is -3.81. The standard InChI is InChI=1S/C20H16N4O4S/c1-13-8-10-21-17(11-13)23-29(27,28)15-6-4-14(5-7-15)12-24-19(25)16-3-2-9-22-18(16)20(24)26/h2-11H,12H2,1H3,(H,21,23). The summed E-state index contributed by atoms with van der Waals surface area (Å²) in [6, 6.07) is 12.5. The molecule has 9 heteroatoms. The van der Waals surface area contributed by atoms with E-state index < -0.39 is 21.8 Å². The third-order valence-electron chi connectivity index (χ3n) is 4.46. The lowest BCUT2D eigenvalue weighted by atomic mass is 10.2. The van der Waals surface area contributed by atoms with E-state index in [4.69, 9.17) is 0 Å². The van der Waals surface area contributed by atoms with Crippen molar-refractivity contribution >= 4 is 27.7 Å². The summed E-state index contributed by atoms with van der Waals surface area (Å²) in [4.78, 5) is 33.9. The van der Waals surface area contributed by atoms with Crippen LogP contribution in [0.25, 0.3) is 0 Å². The maximum absolute atomic E-state index is 12.5. The summed E-state index contributed by atoms with van der Waals surface area (Å²) in [5.74, 6) is -0.649. The van der Waals surface area contributed by atoms with Crippen molar-refractivity contribution in [3.63, 3.8) is 0 Å². The third-order valence-corrected chi connectivity index (χ3v) is 5.83. The molecule has 4 rings (SSSR count). The predicted molar refractivity (Wildman–Crippen MR) is 105 cm³/mol. The van der Waals surface area contributed by atoms with Crippen LogP contribution in [0.1, 0.15) is 32.0 Å². The van der Waals surface area contributed by atoms with Gasteiger partial charge in [0.25, 0.3) is 21.8 Å². The van der Waals surface area contributed by atoms with Crippen LogP contribution >= 0.6 is 0 Å². The molecule has 0 unspecified atom stereocenters. The first-order valence-corrected chi connectivity index (χ1v) is 10.2. The number of hydrogen-bond acceptors (Lipinski definition) is 6. The molecule has 1 aromatic carbocycles. The molecule has 0 saturated heterocycles. The van der Waals surface area contributed by atoms with Crippen molar-refractivity contribution < 1.29 is 18.0 Å². The zero-order valence-corrected chi connectivity index (χ0v) is 16.2. The van der Waals surface area contributed by atoms with Gasteiger partial charge in [-0.2, -0.15) is 0 Å². The van der Waals surface area contributed by atoms with Gasteiger partial charge in [0, 0.05) is 12.4 Å². The van der Waals surface area contributed by atoms with Crippen molar-refractivity contribution in [1.82, 2.24) is 14.9 Å². The van der Waals surface area contributed by atoms with Crippen LogP contribution in [0, 0.1) is 6.92 Å². The lowest BCUT2D eigenvalue weighted by Gasteiger charge is -2.14. The highest BCUT2D eigenvalue weighted by molar-refractivity contribution is 7.92. The monoisotopic (exact) mass is 408 g/mol. The van der Waals surface area contributed by atoms with E-state index in [1.54, 1.807) is 36.4 Å². The van der Waals surface area contributed by atoms with Crippen molar-refractivity contribution in [2.24, 2.45) is 0 Å². The summed E-state index contributed by atoms with van der Waals surface area (Å²) in [6.45, 7) is 1.87. The minimum absolute atomic E-state index is 0.0290. The van der Waals surface area contributed by atoms with Gasteiger partial charge in [0.15, 0.2) is 0 Å². The highest BCUT2D eigenvalue weighted by Crippen LogP contribution is 2.23. The first-order valence-electron chi connectivity index (χ1n) is 8.71. The van der Waals surface area contributed by atoms with E-state index in [1.165, 1.54) is 24.5 Å². The fourth-order valence-electron chi connectivity index (χ4n) is 3.00. The van der Waals surface area contributed by atoms with Crippen LogP contribution in [0.4, 0.5) is 5.82 Å². The number of pyridine rings is 2. The molecule has 1 aliphatic rings. The van der Waals surface area contributed by atoms with Crippen LogP contribution in [-0.2, 0) is 16.6 Å². The van der Waals surface area contributed by atoms with Gasteiger partial charge < -0.3 is 0 Å². The van der Waals surface area contributed by atoms with Gasteiger partial charge in [-0.3, -0.25) is 24.2 Å². The summed E-state index contributed by atoms with van der Waals surface area (Å²) in [5.41, 5.74) is 1.90. The number of sulfonamides is 1. The molecular weight excluding hydrogens is 392 g/mol. The summed E-state index contributed by atoms with van der Waals surface area (Å²) < 4.78 is 27.5.